The summed E-state index contributed by atoms with van der Waals surface area (Å²) in [5.41, 5.74) is 2.17. The van der Waals surface area contributed by atoms with Gasteiger partial charge in [0.15, 0.2) is 0 Å². The zero-order valence-electron chi connectivity index (χ0n) is 7.16. The van der Waals surface area contributed by atoms with Gasteiger partial charge in [-0.25, -0.2) is 4.79 Å². The third-order valence-corrected chi connectivity index (χ3v) is 2.35. The first-order chi connectivity index (χ1) is 6.27. The number of carbonyl (C=O) groups is 1. The van der Waals surface area contributed by atoms with Gasteiger partial charge in [-0.05, 0) is 24.5 Å². The second kappa shape index (κ2) is 4.82. The van der Waals surface area contributed by atoms with Gasteiger partial charge < -0.3 is 10.4 Å². The molecule has 1 aromatic rings. The number of nitrogens with one attached hydrogen (secondary N) is 1. The average molecular weight is 201 g/mol. The Hall–Kier alpha value is -0.510. The van der Waals surface area contributed by atoms with Gasteiger partial charge in [0, 0.05) is 5.69 Å². The van der Waals surface area contributed by atoms with E-state index in [1.807, 2.05) is 24.3 Å². The molecule has 70 valence electrons. The molecule has 0 saturated carbocycles. The van der Waals surface area contributed by atoms with Crippen molar-refractivity contribution < 1.29 is 9.90 Å². The van der Waals surface area contributed by atoms with Gasteiger partial charge in [0.05, 0.1) is 0 Å². The van der Waals surface area contributed by atoms with E-state index in [1.54, 1.807) is 0 Å². The summed E-state index contributed by atoms with van der Waals surface area (Å²) < 4.78 is 0. The SMILES string of the molecule is O=C(O)C1CCc2ccccc2N1.[NaH]. The van der Waals surface area contributed by atoms with Crippen molar-refractivity contribution in [1.29, 1.82) is 0 Å². The molecule has 0 saturated heterocycles. The zero-order chi connectivity index (χ0) is 9.26. The van der Waals surface area contributed by atoms with E-state index >= 15 is 0 Å². The summed E-state index contributed by atoms with van der Waals surface area (Å²) in [6.45, 7) is 0. The zero-order valence-corrected chi connectivity index (χ0v) is 7.16. The molecule has 2 rings (SSSR count). The van der Waals surface area contributed by atoms with E-state index in [-0.39, 0.29) is 29.6 Å². The fourth-order valence-corrected chi connectivity index (χ4v) is 1.62. The van der Waals surface area contributed by atoms with Crippen LogP contribution >= 0.6 is 0 Å². The Morgan fingerprint density at radius 2 is 2.14 bits per heavy atom. The molecule has 1 aromatic carbocycles. The first kappa shape index (κ1) is 11.6. The van der Waals surface area contributed by atoms with Crippen molar-refractivity contribution in [2.24, 2.45) is 0 Å². The number of hydrogen-bond donors (Lipinski definition) is 2. The topological polar surface area (TPSA) is 49.3 Å². The molecule has 0 radical (unpaired) electrons. The number of carboxylic acid groups (broad SMARTS) is 1. The molecule has 0 spiro atoms. The van der Waals surface area contributed by atoms with Gasteiger partial charge in [-0.3, -0.25) is 0 Å². The third-order valence-electron chi connectivity index (χ3n) is 2.35. The van der Waals surface area contributed by atoms with Crippen molar-refractivity contribution in [3.63, 3.8) is 0 Å². The van der Waals surface area contributed by atoms with Crippen LogP contribution in [0.15, 0.2) is 24.3 Å². The molecule has 1 aliphatic rings. The van der Waals surface area contributed by atoms with E-state index in [2.05, 4.69) is 5.32 Å². The van der Waals surface area contributed by atoms with E-state index < -0.39 is 12.0 Å². The molecule has 1 atom stereocenters. The molecule has 1 aliphatic heterocycles. The van der Waals surface area contributed by atoms with Crippen molar-refractivity contribution in [3.8, 4) is 0 Å². The fourth-order valence-electron chi connectivity index (χ4n) is 1.62. The Balaban J connectivity index is 0.000000980. The van der Waals surface area contributed by atoms with Gasteiger partial charge >= 0.3 is 35.5 Å². The van der Waals surface area contributed by atoms with Crippen molar-refractivity contribution in [2.75, 3.05) is 5.32 Å². The van der Waals surface area contributed by atoms with Crippen molar-refractivity contribution in [2.45, 2.75) is 18.9 Å². The fraction of sp³-hybridized carbons (Fsp3) is 0.300. The summed E-state index contributed by atoms with van der Waals surface area (Å²) in [4.78, 5) is 10.7. The molecular formula is C10H12NNaO2. The number of aliphatic carboxylic acids is 1. The van der Waals surface area contributed by atoms with Gasteiger partial charge in [-0.1, -0.05) is 18.2 Å². The van der Waals surface area contributed by atoms with Crippen LogP contribution in [0.4, 0.5) is 5.69 Å². The van der Waals surface area contributed by atoms with Gasteiger partial charge in [0.1, 0.15) is 6.04 Å². The van der Waals surface area contributed by atoms with Crippen LogP contribution in [0.1, 0.15) is 12.0 Å². The van der Waals surface area contributed by atoms with E-state index in [0.29, 0.717) is 6.42 Å². The summed E-state index contributed by atoms with van der Waals surface area (Å²) in [7, 11) is 0. The Kier molecular flexibility index (Phi) is 3.98. The minimum absolute atomic E-state index is 0. The molecule has 2 N–H and O–H groups in total. The first-order valence-corrected chi connectivity index (χ1v) is 4.34. The summed E-state index contributed by atoms with van der Waals surface area (Å²) in [6, 6.07) is 7.41. The second-order valence-corrected chi connectivity index (χ2v) is 3.23. The van der Waals surface area contributed by atoms with E-state index in [1.165, 1.54) is 5.56 Å². The maximum absolute atomic E-state index is 10.7. The normalized spacial score (nSPS) is 18.7. The molecule has 0 bridgehead atoms. The number of anilines is 1. The molecule has 4 heteroatoms. The number of para-hydroxylation sites is 1. The predicted octanol–water partition coefficient (Wildman–Crippen LogP) is 0.849. The molecule has 1 heterocycles. The average Bonchev–Trinajstić information content (AvgIpc) is 2.17. The van der Waals surface area contributed by atoms with Gasteiger partial charge in [-0.2, -0.15) is 0 Å². The summed E-state index contributed by atoms with van der Waals surface area (Å²) in [5.74, 6) is -0.769. The van der Waals surface area contributed by atoms with Crippen LogP contribution in [-0.2, 0) is 11.2 Å². The monoisotopic (exact) mass is 201 g/mol. The summed E-state index contributed by atoms with van der Waals surface area (Å²) in [6.07, 6.45) is 1.52. The van der Waals surface area contributed by atoms with Gasteiger partial charge in [-0.15, -0.1) is 0 Å². The molecule has 1 unspecified atom stereocenters. The van der Waals surface area contributed by atoms with Crippen LogP contribution < -0.4 is 5.32 Å². The van der Waals surface area contributed by atoms with Crippen LogP contribution in [0.2, 0.25) is 0 Å². The molecule has 0 aromatic heterocycles. The van der Waals surface area contributed by atoms with Crippen LogP contribution in [0.25, 0.3) is 0 Å². The molecule has 0 aliphatic carbocycles. The van der Waals surface area contributed by atoms with E-state index in [0.717, 1.165) is 12.1 Å². The Morgan fingerprint density at radius 1 is 1.43 bits per heavy atom. The molecular weight excluding hydrogens is 189 g/mol. The van der Waals surface area contributed by atoms with Crippen LogP contribution in [0, 0.1) is 0 Å². The van der Waals surface area contributed by atoms with Gasteiger partial charge in [0.25, 0.3) is 0 Å². The summed E-state index contributed by atoms with van der Waals surface area (Å²) in [5, 5.41) is 11.8. The van der Waals surface area contributed by atoms with Crippen molar-refractivity contribution >= 4 is 41.2 Å². The summed E-state index contributed by atoms with van der Waals surface area (Å²) >= 11 is 0. The Morgan fingerprint density at radius 3 is 2.86 bits per heavy atom. The molecule has 0 fully saturated rings. The number of rotatable bonds is 1. The van der Waals surface area contributed by atoms with Crippen LogP contribution in [0.5, 0.6) is 0 Å². The number of benzene rings is 1. The number of carboxylic acids is 1. The van der Waals surface area contributed by atoms with E-state index in [4.69, 9.17) is 5.11 Å². The van der Waals surface area contributed by atoms with Crippen LogP contribution in [0.3, 0.4) is 0 Å². The van der Waals surface area contributed by atoms with Gasteiger partial charge in [0.2, 0.25) is 0 Å². The number of hydrogen-bond acceptors (Lipinski definition) is 2. The van der Waals surface area contributed by atoms with Crippen molar-refractivity contribution in [1.82, 2.24) is 0 Å². The third kappa shape index (κ3) is 2.29. The van der Waals surface area contributed by atoms with Crippen LogP contribution in [-0.4, -0.2) is 46.7 Å². The molecule has 0 amide bonds. The van der Waals surface area contributed by atoms with Crippen molar-refractivity contribution in [3.05, 3.63) is 29.8 Å². The minimum atomic E-state index is -0.769. The Bertz CT molecular complexity index is 341. The molecule has 3 nitrogen and oxygen atoms in total. The first-order valence-electron chi connectivity index (χ1n) is 4.34. The predicted molar refractivity (Wildman–Crippen MR) is 57.0 cm³/mol. The number of aryl methyl sites for hydroxylation is 1. The second-order valence-electron chi connectivity index (χ2n) is 3.23. The maximum atomic E-state index is 10.7. The number of fused-ring (bicyclic) bond motifs is 1. The quantitative estimate of drug-likeness (QED) is 0.662. The standard InChI is InChI=1S/C10H11NO2.Na.H/c12-10(13)9-6-5-7-3-1-2-4-8(7)11-9;;/h1-4,9,11H,5-6H2,(H,12,13);;. The molecule has 14 heavy (non-hydrogen) atoms. The Labute approximate surface area is 105 Å². The van der Waals surface area contributed by atoms with E-state index in [9.17, 15) is 4.79 Å².